The summed E-state index contributed by atoms with van der Waals surface area (Å²) in [5.74, 6) is -0.316. The highest BCUT2D eigenvalue weighted by atomic mass is 16.2. The minimum Gasteiger partial charge on any atom is -0.348 e. The number of nitrogens with zero attached hydrogens (tertiary/aromatic N) is 2. The Morgan fingerprint density at radius 3 is 2.71 bits per heavy atom. The van der Waals surface area contributed by atoms with Crippen molar-refractivity contribution < 1.29 is 4.79 Å². The van der Waals surface area contributed by atoms with Gasteiger partial charge >= 0.3 is 0 Å². The summed E-state index contributed by atoms with van der Waals surface area (Å²) in [6.45, 7) is 3.91. The van der Waals surface area contributed by atoms with E-state index in [1.54, 1.807) is 30.5 Å². The molecule has 2 heterocycles. The van der Waals surface area contributed by atoms with Crippen molar-refractivity contribution in [3.8, 4) is 0 Å². The lowest BCUT2D eigenvalue weighted by Crippen LogP contribution is -2.35. The van der Waals surface area contributed by atoms with E-state index in [0.29, 0.717) is 17.2 Å². The lowest BCUT2D eigenvalue weighted by atomic mass is 10.1. The maximum Gasteiger partial charge on any atom is 0.272 e. The molecule has 1 amide bonds. The number of nitrogens with one attached hydrogen (secondary N) is 2. The summed E-state index contributed by atoms with van der Waals surface area (Å²) in [5.41, 5.74) is 1.95. The highest BCUT2D eigenvalue weighted by Crippen LogP contribution is 2.13. The molecule has 0 aliphatic carbocycles. The van der Waals surface area contributed by atoms with E-state index in [9.17, 15) is 9.59 Å². The van der Waals surface area contributed by atoms with Crippen LogP contribution in [0.5, 0.6) is 0 Å². The van der Waals surface area contributed by atoms with Crippen molar-refractivity contribution in [3.05, 3.63) is 69.9 Å². The van der Waals surface area contributed by atoms with E-state index in [4.69, 9.17) is 0 Å². The van der Waals surface area contributed by atoms with Crippen molar-refractivity contribution in [3.63, 3.8) is 0 Å². The van der Waals surface area contributed by atoms with Crippen molar-refractivity contribution in [1.29, 1.82) is 0 Å². The van der Waals surface area contributed by atoms with Crippen LogP contribution in [-0.2, 0) is 6.42 Å². The molecular formula is C18H18N4O2. The molecule has 6 heteroatoms. The van der Waals surface area contributed by atoms with Crippen LogP contribution in [-0.4, -0.2) is 27.1 Å². The Kier molecular flexibility index (Phi) is 4.37. The summed E-state index contributed by atoms with van der Waals surface area (Å²) in [6, 6.07) is 10.7. The maximum atomic E-state index is 12.5. The molecule has 3 aromatic rings. The molecule has 1 aromatic carbocycles. The molecule has 1 atom stereocenters. The molecule has 122 valence electrons. The summed E-state index contributed by atoms with van der Waals surface area (Å²) in [7, 11) is 0. The minimum absolute atomic E-state index is 0.112. The summed E-state index contributed by atoms with van der Waals surface area (Å²) >= 11 is 0. The van der Waals surface area contributed by atoms with Gasteiger partial charge in [-0.3, -0.25) is 14.6 Å². The van der Waals surface area contributed by atoms with Gasteiger partial charge in [-0.2, -0.15) is 5.10 Å². The molecule has 1 unspecified atom stereocenters. The first-order valence-corrected chi connectivity index (χ1v) is 7.75. The Balaban J connectivity index is 1.82. The predicted molar refractivity (Wildman–Crippen MR) is 92.0 cm³/mol. The van der Waals surface area contributed by atoms with E-state index in [0.717, 1.165) is 11.3 Å². The van der Waals surface area contributed by atoms with Crippen LogP contribution >= 0.6 is 0 Å². The monoisotopic (exact) mass is 322 g/mol. The summed E-state index contributed by atoms with van der Waals surface area (Å²) in [6.07, 6.45) is 2.37. The summed E-state index contributed by atoms with van der Waals surface area (Å²) in [4.78, 5) is 28.7. The van der Waals surface area contributed by atoms with Crippen LogP contribution in [0.2, 0.25) is 0 Å². The Bertz CT molecular complexity index is 949. The standard InChI is InChI=1S/C18H18N4O2/c1-11-6-5-9-19-15(11)10-12(2)20-18(24)16-13-7-3-4-8-14(13)17(23)22-21-16/h3-9,12H,10H2,1-2H3,(H,20,24)(H,22,23). The van der Waals surface area contributed by atoms with Gasteiger partial charge < -0.3 is 5.32 Å². The van der Waals surface area contributed by atoms with Gasteiger partial charge in [-0.25, -0.2) is 5.10 Å². The van der Waals surface area contributed by atoms with Crippen molar-refractivity contribution in [2.45, 2.75) is 26.3 Å². The number of H-pyrrole nitrogens is 1. The van der Waals surface area contributed by atoms with Crippen LogP contribution in [0, 0.1) is 6.92 Å². The van der Waals surface area contributed by atoms with Crippen LogP contribution in [0.4, 0.5) is 0 Å². The Morgan fingerprint density at radius 1 is 1.21 bits per heavy atom. The summed E-state index contributed by atoms with van der Waals surface area (Å²) < 4.78 is 0. The van der Waals surface area contributed by atoms with E-state index in [-0.39, 0.29) is 23.2 Å². The molecule has 24 heavy (non-hydrogen) atoms. The van der Waals surface area contributed by atoms with Crippen LogP contribution < -0.4 is 10.9 Å². The number of amides is 1. The fraction of sp³-hybridized carbons (Fsp3) is 0.222. The SMILES string of the molecule is Cc1cccnc1CC(C)NC(=O)c1n[nH]c(=O)c2ccccc12. The van der Waals surface area contributed by atoms with E-state index in [1.165, 1.54) is 0 Å². The van der Waals surface area contributed by atoms with Crippen LogP contribution in [0.3, 0.4) is 0 Å². The quantitative estimate of drug-likeness (QED) is 0.769. The number of rotatable bonds is 4. The second kappa shape index (κ2) is 6.62. The number of aryl methyl sites for hydroxylation is 1. The van der Waals surface area contributed by atoms with E-state index >= 15 is 0 Å². The zero-order valence-corrected chi connectivity index (χ0v) is 13.5. The van der Waals surface area contributed by atoms with Crippen molar-refractivity contribution in [2.75, 3.05) is 0 Å². The smallest absolute Gasteiger partial charge is 0.272 e. The van der Waals surface area contributed by atoms with Crippen LogP contribution in [0.1, 0.15) is 28.7 Å². The predicted octanol–water partition coefficient (Wildman–Crippen LogP) is 1.99. The van der Waals surface area contributed by atoms with Gasteiger partial charge in [-0.15, -0.1) is 0 Å². The largest absolute Gasteiger partial charge is 0.348 e. The van der Waals surface area contributed by atoms with E-state index in [1.807, 2.05) is 26.0 Å². The first-order chi connectivity index (χ1) is 11.6. The summed E-state index contributed by atoms with van der Waals surface area (Å²) in [5, 5.41) is 10.2. The number of hydrogen-bond acceptors (Lipinski definition) is 4. The lowest BCUT2D eigenvalue weighted by Gasteiger charge is -2.15. The van der Waals surface area contributed by atoms with E-state index < -0.39 is 0 Å². The second-order valence-corrected chi connectivity index (χ2v) is 5.79. The number of hydrogen-bond donors (Lipinski definition) is 2. The topological polar surface area (TPSA) is 87.7 Å². The van der Waals surface area contributed by atoms with Crippen molar-refractivity contribution in [1.82, 2.24) is 20.5 Å². The van der Waals surface area contributed by atoms with Gasteiger partial charge in [0.15, 0.2) is 5.69 Å². The molecule has 0 aliphatic heterocycles. The Hall–Kier alpha value is -3.02. The van der Waals surface area contributed by atoms with E-state index in [2.05, 4.69) is 20.5 Å². The average Bonchev–Trinajstić information content (AvgIpc) is 2.57. The lowest BCUT2D eigenvalue weighted by molar-refractivity contribution is 0.0935. The first kappa shape index (κ1) is 15.9. The molecule has 0 saturated heterocycles. The zero-order chi connectivity index (χ0) is 17.1. The molecule has 2 aromatic heterocycles. The second-order valence-electron chi connectivity index (χ2n) is 5.79. The third-order valence-corrected chi connectivity index (χ3v) is 3.91. The average molecular weight is 322 g/mol. The highest BCUT2D eigenvalue weighted by Gasteiger charge is 2.16. The van der Waals surface area contributed by atoms with Gasteiger partial charge in [0.25, 0.3) is 11.5 Å². The minimum atomic E-state index is -0.316. The molecule has 0 fully saturated rings. The third kappa shape index (κ3) is 3.17. The van der Waals surface area contributed by atoms with Crippen LogP contribution in [0.15, 0.2) is 47.4 Å². The fourth-order valence-corrected chi connectivity index (χ4v) is 2.65. The van der Waals surface area contributed by atoms with Gasteiger partial charge in [0.05, 0.1) is 5.39 Å². The molecule has 3 rings (SSSR count). The number of benzene rings is 1. The van der Waals surface area contributed by atoms with Gasteiger partial charge in [0.1, 0.15) is 0 Å². The molecule has 0 saturated carbocycles. The Labute approximate surface area is 138 Å². The number of aromatic amines is 1. The van der Waals surface area contributed by atoms with Gasteiger partial charge in [0, 0.05) is 29.7 Å². The van der Waals surface area contributed by atoms with Gasteiger partial charge in [0.2, 0.25) is 0 Å². The van der Waals surface area contributed by atoms with Gasteiger partial charge in [-0.1, -0.05) is 24.3 Å². The first-order valence-electron chi connectivity index (χ1n) is 7.75. The number of carbonyl (C=O) groups is 1. The molecular weight excluding hydrogens is 304 g/mol. The number of fused-ring (bicyclic) bond motifs is 1. The molecule has 0 spiro atoms. The normalized spacial score (nSPS) is 12.1. The van der Waals surface area contributed by atoms with Crippen molar-refractivity contribution in [2.24, 2.45) is 0 Å². The number of carbonyl (C=O) groups excluding carboxylic acids is 1. The molecule has 0 aliphatic rings. The zero-order valence-electron chi connectivity index (χ0n) is 13.5. The molecule has 6 nitrogen and oxygen atoms in total. The fourth-order valence-electron chi connectivity index (χ4n) is 2.65. The van der Waals surface area contributed by atoms with Crippen LogP contribution in [0.25, 0.3) is 10.8 Å². The number of pyridine rings is 1. The van der Waals surface area contributed by atoms with Crippen molar-refractivity contribution >= 4 is 16.7 Å². The third-order valence-electron chi connectivity index (χ3n) is 3.91. The number of aromatic nitrogens is 3. The van der Waals surface area contributed by atoms with Gasteiger partial charge in [-0.05, 0) is 31.5 Å². The Morgan fingerprint density at radius 2 is 1.96 bits per heavy atom. The highest BCUT2D eigenvalue weighted by molar-refractivity contribution is 6.04. The maximum absolute atomic E-state index is 12.5. The molecule has 2 N–H and O–H groups in total. The molecule has 0 bridgehead atoms. The molecule has 0 radical (unpaired) electrons.